The lowest BCUT2D eigenvalue weighted by atomic mass is 9.48. The number of hydrogen-bond donors (Lipinski definition) is 0. The van der Waals surface area contributed by atoms with E-state index in [1.54, 1.807) is 0 Å². The number of hydrogen-bond acceptors (Lipinski definition) is 1. The van der Waals surface area contributed by atoms with Crippen molar-refractivity contribution in [2.45, 2.75) is 45.4 Å². The molecule has 1 aromatic carbocycles. The zero-order chi connectivity index (χ0) is 13.9. The molecule has 0 amide bonds. The van der Waals surface area contributed by atoms with E-state index in [4.69, 9.17) is 11.6 Å². The average molecular weight is 289 g/mol. The van der Waals surface area contributed by atoms with Gasteiger partial charge in [-0.2, -0.15) is 0 Å². The van der Waals surface area contributed by atoms with Gasteiger partial charge in [-0.15, -0.1) is 0 Å². The topological polar surface area (TPSA) is 17.1 Å². The number of carbonyl (C=O) groups excluding carboxylic acids is 1. The molecular formula is C18H21ClO. The highest BCUT2D eigenvalue weighted by atomic mass is 35.5. The number of benzene rings is 1. The molecule has 0 aliphatic heterocycles. The molecule has 106 valence electrons. The lowest BCUT2D eigenvalue weighted by molar-refractivity contribution is -0.0353. The van der Waals surface area contributed by atoms with E-state index in [0.717, 1.165) is 53.2 Å². The highest BCUT2D eigenvalue weighted by Crippen LogP contribution is 2.60. The summed E-state index contributed by atoms with van der Waals surface area (Å²) in [6.45, 7) is 1.99. The van der Waals surface area contributed by atoms with Gasteiger partial charge >= 0.3 is 0 Å². The molecule has 0 radical (unpaired) electrons. The molecule has 2 heteroatoms. The lowest BCUT2D eigenvalue weighted by Gasteiger charge is -2.56. The first-order chi connectivity index (χ1) is 9.56. The molecule has 0 saturated heterocycles. The van der Waals surface area contributed by atoms with Gasteiger partial charge < -0.3 is 0 Å². The van der Waals surface area contributed by atoms with Gasteiger partial charge in [0.1, 0.15) is 0 Å². The average Bonchev–Trinajstić information content (AvgIpc) is 2.39. The first-order valence-electron chi connectivity index (χ1n) is 7.87. The molecule has 0 spiro atoms. The standard InChI is InChI=1S/C18H21ClO/c1-11-2-3-15(7-16(11)19)17(20)18-8-12-4-13(9-18)6-14(5-12)10-18/h2-3,7,12-14H,4-6,8-10H2,1H3. The summed E-state index contributed by atoms with van der Waals surface area (Å²) in [6, 6.07) is 5.84. The quantitative estimate of drug-likeness (QED) is 0.696. The molecule has 0 unspecified atom stereocenters. The van der Waals surface area contributed by atoms with Crippen molar-refractivity contribution in [2.24, 2.45) is 23.2 Å². The maximum absolute atomic E-state index is 13.1. The number of halogens is 1. The number of ketones is 1. The van der Waals surface area contributed by atoms with Crippen molar-refractivity contribution >= 4 is 17.4 Å². The summed E-state index contributed by atoms with van der Waals surface area (Å²) >= 11 is 6.21. The fourth-order valence-corrected chi connectivity index (χ4v) is 5.61. The highest BCUT2D eigenvalue weighted by Gasteiger charge is 2.54. The fraction of sp³-hybridized carbons (Fsp3) is 0.611. The lowest BCUT2D eigenvalue weighted by Crippen LogP contribution is -2.50. The van der Waals surface area contributed by atoms with E-state index in [9.17, 15) is 4.79 Å². The van der Waals surface area contributed by atoms with Crippen LogP contribution in [0.5, 0.6) is 0 Å². The van der Waals surface area contributed by atoms with Crippen LogP contribution >= 0.6 is 11.6 Å². The first kappa shape index (κ1) is 12.9. The third-order valence-corrected chi connectivity index (χ3v) is 6.36. The number of carbonyl (C=O) groups is 1. The van der Waals surface area contributed by atoms with Gasteiger partial charge in [-0.05, 0) is 74.8 Å². The van der Waals surface area contributed by atoms with E-state index >= 15 is 0 Å². The normalized spacial score (nSPS) is 38.2. The van der Waals surface area contributed by atoms with Crippen molar-refractivity contribution < 1.29 is 4.79 Å². The van der Waals surface area contributed by atoms with Crippen molar-refractivity contribution in [1.82, 2.24) is 0 Å². The van der Waals surface area contributed by atoms with Gasteiger partial charge in [0.2, 0.25) is 0 Å². The molecule has 1 nitrogen and oxygen atoms in total. The maximum Gasteiger partial charge on any atom is 0.169 e. The Bertz CT molecular complexity index is 539. The molecule has 0 heterocycles. The Morgan fingerprint density at radius 1 is 1.10 bits per heavy atom. The predicted molar refractivity (Wildman–Crippen MR) is 81.1 cm³/mol. The van der Waals surface area contributed by atoms with Gasteiger partial charge in [0.15, 0.2) is 5.78 Å². The van der Waals surface area contributed by atoms with Crippen LogP contribution in [0.3, 0.4) is 0 Å². The Balaban J connectivity index is 1.69. The molecule has 20 heavy (non-hydrogen) atoms. The van der Waals surface area contributed by atoms with Crippen LogP contribution < -0.4 is 0 Å². The second kappa shape index (κ2) is 4.34. The number of rotatable bonds is 2. The Morgan fingerprint density at radius 2 is 1.65 bits per heavy atom. The van der Waals surface area contributed by atoms with E-state index in [1.165, 1.54) is 19.3 Å². The van der Waals surface area contributed by atoms with Crippen LogP contribution in [0.15, 0.2) is 18.2 Å². The summed E-state index contributed by atoms with van der Waals surface area (Å²) in [5.74, 6) is 2.81. The summed E-state index contributed by atoms with van der Waals surface area (Å²) in [6.07, 6.45) is 7.51. The summed E-state index contributed by atoms with van der Waals surface area (Å²) in [5, 5.41) is 0.723. The molecule has 5 rings (SSSR count). The van der Waals surface area contributed by atoms with Gasteiger partial charge in [0.25, 0.3) is 0 Å². The third-order valence-electron chi connectivity index (χ3n) is 5.95. The largest absolute Gasteiger partial charge is 0.294 e. The van der Waals surface area contributed by atoms with E-state index < -0.39 is 0 Å². The molecule has 4 saturated carbocycles. The SMILES string of the molecule is Cc1ccc(C(=O)C23CC4CC(CC(C4)C2)C3)cc1Cl. The van der Waals surface area contributed by atoms with Gasteiger partial charge in [-0.3, -0.25) is 4.79 Å². The fourth-order valence-electron chi connectivity index (χ4n) is 5.43. The first-order valence-corrected chi connectivity index (χ1v) is 8.24. The monoisotopic (exact) mass is 288 g/mol. The second-order valence-corrected chi connectivity index (χ2v) is 7.90. The van der Waals surface area contributed by atoms with Gasteiger partial charge in [-0.25, -0.2) is 0 Å². The predicted octanol–water partition coefficient (Wildman–Crippen LogP) is 5.05. The molecule has 4 bridgehead atoms. The highest BCUT2D eigenvalue weighted by molar-refractivity contribution is 6.31. The number of Topliss-reactive ketones (excluding diaryl/α,β-unsaturated/α-hetero) is 1. The zero-order valence-electron chi connectivity index (χ0n) is 12.0. The molecule has 0 aromatic heterocycles. The van der Waals surface area contributed by atoms with Crippen LogP contribution in [-0.2, 0) is 0 Å². The molecule has 4 aliphatic rings. The van der Waals surface area contributed by atoms with Gasteiger partial charge in [-0.1, -0.05) is 23.7 Å². The molecule has 0 atom stereocenters. The van der Waals surface area contributed by atoms with Gasteiger partial charge in [0, 0.05) is 16.0 Å². The van der Waals surface area contributed by atoms with Crippen LogP contribution in [0.2, 0.25) is 5.02 Å². The molecule has 0 N–H and O–H groups in total. The van der Waals surface area contributed by atoms with E-state index in [1.807, 2.05) is 25.1 Å². The minimum atomic E-state index is -0.0483. The third kappa shape index (κ3) is 1.86. The Labute approximate surface area is 125 Å². The zero-order valence-corrected chi connectivity index (χ0v) is 12.7. The summed E-state index contributed by atoms with van der Waals surface area (Å²) in [7, 11) is 0. The smallest absolute Gasteiger partial charge is 0.169 e. The van der Waals surface area contributed by atoms with Crippen LogP contribution in [0, 0.1) is 30.1 Å². The summed E-state index contributed by atoms with van der Waals surface area (Å²) < 4.78 is 0. The van der Waals surface area contributed by atoms with Crippen LogP contribution in [0.25, 0.3) is 0 Å². The van der Waals surface area contributed by atoms with Crippen molar-refractivity contribution in [2.75, 3.05) is 0 Å². The van der Waals surface area contributed by atoms with Crippen LogP contribution in [-0.4, -0.2) is 5.78 Å². The van der Waals surface area contributed by atoms with E-state index in [-0.39, 0.29) is 5.41 Å². The van der Waals surface area contributed by atoms with Gasteiger partial charge in [0.05, 0.1) is 0 Å². The van der Waals surface area contributed by atoms with Crippen LogP contribution in [0.1, 0.15) is 54.4 Å². The summed E-state index contributed by atoms with van der Waals surface area (Å²) in [4.78, 5) is 13.1. The minimum Gasteiger partial charge on any atom is -0.294 e. The minimum absolute atomic E-state index is 0.0483. The Kier molecular flexibility index (Phi) is 2.79. The second-order valence-electron chi connectivity index (χ2n) is 7.49. The van der Waals surface area contributed by atoms with Crippen molar-refractivity contribution in [3.05, 3.63) is 34.3 Å². The Hall–Kier alpha value is -0.820. The van der Waals surface area contributed by atoms with Crippen molar-refractivity contribution in [3.63, 3.8) is 0 Å². The molecular weight excluding hydrogens is 268 g/mol. The Morgan fingerprint density at radius 3 is 2.15 bits per heavy atom. The van der Waals surface area contributed by atoms with Crippen molar-refractivity contribution in [3.8, 4) is 0 Å². The van der Waals surface area contributed by atoms with Crippen molar-refractivity contribution in [1.29, 1.82) is 0 Å². The number of aryl methyl sites for hydroxylation is 1. The maximum atomic E-state index is 13.1. The molecule has 4 fully saturated rings. The summed E-state index contributed by atoms with van der Waals surface area (Å²) in [5.41, 5.74) is 1.84. The molecule has 1 aromatic rings. The van der Waals surface area contributed by atoms with E-state index in [2.05, 4.69) is 0 Å². The van der Waals surface area contributed by atoms with E-state index in [0.29, 0.717) is 5.78 Å². The molecule has 4 aliphatic carbocycles. The van der Waals surface area contributed by atoms with Crippen LogP contribution in [0.4, 0.5) is 0 Å².